The SMILES string of the molecule is COCc1c(F)cccc1-c1ccc2nc(NC(=O)[C@@H]3C[C@@H]3F)cn2c1. The number of pyridine rings is 1. The number of nitrogens with zero attached hydrogens (tertiary/aromatic N) is 2. The minimum absolute atomic E-state index is 0.164. The topological polar surface area (TPSA) is 55.6 Å². The zero-order chi connectivity index (χ0) is 18.3. The van der Waals surface area contributed by atoms with Crippen molar-refractivity contribution in [1.82, 2.24) is 9.38 Å². The summed E-state index contributed by atoms with van der Waals surface area (Å²) in [5.41, 5.74) is 2.63. The minimum atomic E-state index is -1.05. The van der Waals surface area contributed by atoms with Crippen LogP contribution in [0.15, 0.2) is 42.7 Å². The number of methoxy groups -OCH3 is 1. The molecule has 1 saturated carbocycles. The van der Waals surface area contributed by atoms with Crippen molar-refractivity contribution in [1.29, 1.82) is 0 Å². The first kappa shape index (κ1) is 16.7. The van der Waals surface area contributed by atoms with Crippen molar-refractivity contribution in [3.8, 4) is 11.1 Å². The first-order valence-electron chi connectivity index (χ1n) is 8.27. The van der Waals surface area contributed by atoms with E-state index in [1.54, 1.807) is 28.9 Å². The van der Waals surface area contributed by atoms with Gasteiger partial charge in [0.2, 0.25) is 5.91 Å². The van der Waals surface area contributed by atoms with Crippen molar-refractivity contribution in [2.24, 2.45) is 5.92 Å². The van der Waals surface area contributed by atoms with Crippen LogP contribution in [0, 0.1) is 11.7 Å². The zero-order valence-electron chi connectivity index (χ0n) is 14.1. The molecule has 1 N–H and O–H groups in total. The summed E-state index contributed by atoms with van der Waals surface area (Å²) < 4.78 is 33.9. The van der Waals surface area contributed by atoms with Crippen molar-refractivity contribution in [3.05, 3.63) is 54.1 Å². The van der Waals surface area contributed by atoms with E-state index in [2.05, 4.69) is 10.3 Å². The van der Waals surface area contributed by atoms with Gasteiger partial charge in [0.1, 0.15) is 17.6 Å². The molecule has 2 aromatic heterocycles. The van der Waals surface area contributed by atoms with Gasteiger partial charge in [-0.15, -0.1) is 0 Å². The first-order chi connectivity index (χ1) is 12.6. The Labute approximate surface area is 148 Å². The second-order valence-corrected chi connectivity index (χ2v) is 6.36. The molecule has 0 saturated heterocycles. The molecule has 0 aliphatic heterocycles. The Morgan fingerprint density at radius 1 is 1.35 bits per heavy atom. The lowest BCUT2D eigenvalue weighted by Crippen LogP contribution is -2.15. The molecule has 1 aliphatic rings. The number of halogens is 2. The van der Waals surface area contributed by atoms with Gasteiger partial charge >= 0.3 is 0 Å². The Morgan fingerprint density at radius 2 is 2.15 bits per heavy atom. The molecule has 4 rings (SSSR count). The molecule has 2 heterocycles. The van der Waals surface area contributed by atoms with Gasteiger partial charge in [-0.25, -0.2) is 13.8 Å². The molecule has 3 aromatic rings. The number of imidazole rings is 1. The maximum absolute atomic E-state index is 14.1. The van der Waals surface area contributed by atoms with Gasteiger partial charge in [-0.05, 0) is 35.7 Å². The predicted octanol–water partition coefficient (Wildman–Crippen LogP) is 3.58. The van der Waals surface area contributed by atoms with Crippen LogP contribution in [0.1, 0.15) is 12.0 Å². The van der Waals surface area contributed by atoms with E-state index < -0.39 is 12.1 Å². The normalized spacial score (nSPS) is 18.9. The van der Waals surface area contributed by atoms with E-state index in [0.717, 1.165) is 11.1 Å². The summed E-state index contributed by atoms with van der Waals surface area (Å²) in [6.45, 7) is 0.164. The molecule has 0 bridgehead atoms. The summed E-state index contributed by atoms with van der Waals surface area (Å²) in [5, 5.41) is 2.63. The highest BCUT2D eigenvalue weighted by Crippen LogP contribution is 2.34. The Bertz CT molecular complexity index is 986. The average molecular weight is 357 g/mol. The lowest BCUT2D eigenvalue weighted by atomic mass is 10.0. The second-order valence-electron chi connectivity index (χ2n) is 6.36. The van der Waals surface area contributed by atoms with E-state index in [4.69, 9.17) is 4.74 Å². The van der Waals surface area contributed by atoms with Gasteiger partial charge in [0.05, 0.1) is 18.7 Å². The van der Waals surface area contributed by atoms with E-state index in [9.17, 15) is 13.6 Å². The quantitative estimate of drug-likeness (QED) is 0.759. The number of rotatable bonds is 5. The van der Waals surface area contributed by atoms with Gasteiger partial charge in [0, 0.05) is 18.9 Å². The Morgan fingerprint density at radius 3 is 2.88 bits per heavy atom. The summed E-state index contributed by atoms with van der Waals surface area (Å²) in [4.78, 5) is 16.2. The van der Waals surface area contributed by atoms with Crippen LogP contribution >= 0.6 is 0 Å². The number of ether oxygens (including phenoxy) is 1. The highest BCUT2D eigenvalue weighted by Gasteiger charge is 2.43. The van der Waals surface area contributed by atoms with Crippen molar-refractivity contribution < 1.29 is 18.3 Å². The van der Waals surface area contributed by atoms with Gasteiger partial charge in [-0.1, -0.05) is 12.1 Å². The van der Waals surface area contributed by atoms with Crippen molar-refractivity contribution in [3.63, 3.8) is 0 Å². The summed E-state index contributed by atoms with van der Waals surface area (Å²) >= 11 is 0. The fourth-order valence-electron chi connectivity index (χ4n) is 2.99. The number of fused-ring (bicyclic) bond motifs is 1. The molecule has 134 valence electrons. The maximum atomic E-state index is 14.1. The third-order valence-electron chi connectivity index (χ3n) is 4.47. The Kier molecular flexibility index (Phi) is 4.16. The molecule has 0 unspecified atom stereocenters. The zero-order valence-corrected chi connectivity index (χ0v) is 14.1. The molecule has 26 heavy (non-hydrogen) atoms. The average Bonchev–Trinajstić information content (AvgIpc) is 3.22. The van der Waals surface area contributed by atoms with E-state index in [-0.39, 0.29) is 24.8 Å². The Balaban J connectivity index is 1.66. The van der Waals surface area contributed by atoms with Crippen LogP contribution in [0.5, 0.6) is 0 Å². The van der Waals surface area contributed by atoms with Crippen molar-refractivity contribution >= 4 is 17.4 Å². The minimum Gasteiger partial charge on any atom is -0.380 e. The van der Waals surface area contributed by atoms with Crippen LogP contribution in [-0.4, -0.2) is 28.6 Å². The van der Waals surface area contributed by atoms with Gasteiger partial charge in [-0.3, -0.25) is 4.79 Å². The molecule has 2 atom stereocenters. The van der Waals surface area contributed by atoms with Crippen LogP contribution in [0.2, 0.25) is 0 Å². The number of aromatic nitrogens is 2. The number of carbonyl (C=O) groups is 1. The van der Waals surface area contributed by atoms with E-state index in [1.807, 2.05) is 12.1 Å². The lowest BCUT2D eigenvalue weighted by Gasteiger charge is -2.10. The molecular weight excluding hydrogens is 340 g/mol. The number of carbonyl (C=O) groups excluding carboxylic acids is 1. The van der Waals surface area contributed by atoms with Crippen molar-refractivity contribution in [2.45, 2.75) is 19.2 Å². The molecule has 0 spiro atoms. The lowest BCUT2D eigenvalue weighted by molar-refractivity contribution is -0.117. The van der Waals surface area contributed by atoms with Gasteiger partial charge < -0.3 is 14.5 Å². The number of amides is 1. The smallest absolute Gasteiger partial charge is 0.231 e. The molecule has 7 heteroatoms. The summed E-state index contributed by atoms with van der Waals surface area (Å²) in [6.07, 6.45) is 2.68. The van der Waals surface area contributed by atoms with Crippen LogP contribution in [0.3, 0.4) is 0 Å². The number of anilines is 1. The highest BCUT2D eigenvalue weighted by atomic mass is 19.1. The van der Waals surface area contributed by atoms with Gasteiger partial charge in [0.25, 0.3) is 0 Å². The van der Waals surface area contributed by atoms with Crippen LogP contribution in [0.25, 0.3) is 16.8 Å². The molecule has 1 aliphatic carbocycles. The molecule has 1 amide bonds. The Hall–Kier alpha value is -2.80. The molecule has 0 radical (unpaired) electrons. The molecule has 1 aromatic carbocycles. The van der Waals surface area contributed by atoms with Gasteiger partial charge in [-0.2, -0.15) is 0 Å². The monoisotopic (exact) mass is 357 g/mol. The molecule has 1 fully saturated rings. The number of benzene rings is 1. The standard InChI is InChI=1S/C19H17F2N3O2/c1-26-10-14-12(3-2-4-15(14)20)11-5-6-18-22-17(9-24(18)8-11)23-19(25)13-7-16(13)21/h2-6,8-9,13,16H,7,10H2,1H3,(H,23,25)/t13-,16+/m1/s1. The molecular formula is C19H17F2N3O2. The van der Waals surface area contributed by atoms with E-state index in [0.29, 0.717) is 17.0 Å². The fourth-order valence-corrected chi connectivity index (χ4v) is 2.99. The third-order valence-corrected chi connectivity index (χ3v) is 4.47. The van der Waals surface area contributed by atoms with E-state index in [1.165, 1.54) is 13.2 Å². The number of nitrogens with one attached hydrogen (secondary N) is 1. The van der Waals surface area contributed by atoms with E-state index >= 15 is 0 Å². The number of hydrogen-bond donors (Lipinski definition) is 1. The third kappa shape index (κ3) is 3.06. The molecule has 5 nitrogen and oxygen atoms in total. The summed E-state index contributed by atoms with van der Waals surface area (Å²) in [6, 6.07) is 8.49. The largest absolute Gasteiger partial charge is 0.380 e. The summed E-state index contributed by atoms with van der Waals surface area (Å²) in [5.74, 6) is -0.885. The van der Waals surface area contributed by atoms with Crippen LogP contribution in [-0.2, 0) is 16.1 Å². The maximum Gasteiger partial charge on any atom is 0.231 e. The second kappa shape index (κ2) is 6.49. The van der Waals surface area contributed by atoms with Crippen molar-refractivity contribution in [2.75, 3.05) is 12.4 Å². The van der Waals surface area contributed by atoms with Gasteiger partial charge in [0.15, 0.2) is 5.82 Å². The fraction of sp³-hybridized carbons (Fsp3) is 0.263. The number of hydrogen-bond acceptors (Lipinski definition) is 3. The predicted molar refractivity (Wildman–Crippen MR) is 92.9 cm³/mol. The first-order valence-corrected chi connectivity index (χ1v) is 8.27. The highest BCUT2D eigenvalue weighted by molar-refractivity contribution is 5.94. The van der Waals surface area contributed by atoms with Crippen LogP contribution in [0.4, 0.5) is 14.6 Å². The number of alkyl halides is 1. The van der Waals surface area contributed by atoms with Crippen LogP contribution < -0.4 is 5.32 Å². The summed E-state index contributed by atoms with van der Waals surface area (Å²) in [7, 11) is 1.52.